The van der Waals surface area contributed by atoms with E-state index < -0.39 is 18.2 Å². The predicted octanol–water partition coefficient (Wildman–Crippen LogP) is 1.62. The highest BCUT2D eigenvalue weighted by atomic mass is 16.5. The summed E-state index contributed by atoms with van der Waals surface area (Å²) in [7, 11) is 0. The molecular formula is C18H19NO5. The van der Waals surface area contributed by atoms with Crippen molar-refractivity contribution in [2.75, 3.05) is 0 Å². The predicted molar refractivity (Wildman–Crippen MR) is 87.2 cm³/mol. The van der Waals surface area contributed by atoms with Gasteiger partial charge in [0.25, 0.3) is 5.91 Å². The van der Waals surface area contributed by atoms with Crippen molar-refractivity contribution in [1.29, 1.82) is 0 Å². The van der Waals surface area contributed by atoms with Crippen LogP contribution >= 0.6 is 0 Å². The molecule has 0 heterocycles. The minimum Gasteiger partial charge on any atom is -0.481 e. The van der Waals surface area contributed by atoms with Gasteiger partial charge in [-0.3, -0.25) is 9.59 Å². The van der Waals surface area contributed by atoms with Gasteiger partial charge in [-0.05, 0) is 23.6 Å². The third kappa shape index (κ3) is 4.91. The Labute approximate surface area is 139 Å². The van der Waals surface area contributed by atoms with Crippen LogP contribution < -0.4 is 5.32 Å². The molecular weight excluding hydrogens is 310 g/mol. The van der Waals surface area contributed by atoms with Crippen LogP contribution in [0, 0.1) is 0 Å². The molecule has 0 bridgehead atoms. The fraction of sp³-hybridized carbons (Fsp3) is 0.222. The third-order valence-electron chi connectivity index (χ3n) is 3.59. The number of rotatable bonds is 7. The molecule has 0 fully saturated rings. The van der Waals surface area contributed by atoms with Gasteiger partial charge in [-0.1, -0.05) is 42.5 Å². The summed E-state index contributed by atoms with van der Waals surface area (Å²) in [5.74, 6) is -1.23. The van der Waals surface area contributed by atoms with E-state index in [0.29, 0.717) is 6.42 Å². The highest BCUT2D eigenvalue weighted by Crippen LogP contribution is 2.16. The van der Waals surface area contributed by atoms with E-state index in [4.69, 9.17) is 5.11 Å². The molecule has 0 atom stereocenters. The number of aliphatic carboxylic acids is 1. The molecule has 0 aliphatic rings. The molecule has 1 amide bonds. The number of amides is 1. The molecule has 24 heavy (non-hydrogen) atoms. The van der Waals surface area contributed by atoms with Crippen LogP contribution in [0.25, 0.3) is 0 Å². The van der Waals surface area contributed by atoms with E-state index in [1.54, 1.807) is 12.1 Å². The van der Waals surface area contributed by atoms with Gasteiger partial charge in [-0.15, -0.1) is 0 Å². The van der Waals surface area contributed by atoms with E-state index in [9.17, 15) is 19.8 Å². The minimum atomic E-state index is -1.71. The topological polar surface area (TPSA) is 107 Å². The molecule has 126 valence electrons. The Morgan fingerprint density at radius 2 is 1.58 bits per heavy atom. The Hall–Kier alpha value is -2.70. The molecule has 6 nitrogen and oxygen atoms in total. The molecule has 0 saturated carbocycles. The van der Waals surface area contributed by atoms with E-state index in [1.807, 2.05) is 24.3 Å². The van der Waals surface area contributed by atoms with E-state index in [0.717, 1.165) is 11.1 Å². The van der Waals surface area contributed by atoms with Crippen molar-refractivity contribution in [3.05, 3.63) is 70.8 Å². The number of aliphatic hydroxyl groups excluding tert-OH is 1. The zero-order chi connectivity index (χ0) is 17.5. The first-order valence-corrected chi connectivity index (χ1v) is 7.50. The molecule has 2 rings (SSSR count). The normalized spacial score (nSPS) is 10.6. The lowest BCUT2D eigenvalue weighted by atomic mass is 10.1. The van der Waals surface area contributed by atoms with E-state index in [2.05, 4.69) is 5.32 Å². The number of hydrogen-bond donors (Lipinski definition) is 4. The summed E-state index contributed by atoms with van der Waals surface area (Å²) < 4.78 is 0. The standard InChI is InChI=1S/C18H19NO5/c20-16(21)10-9-12-5-7-13(8-6-12)11-19-17(22)14-3-1-2-4-15(14)18(23)24/h1-8,18,23-24H,9-11H2,(H,19,22)(H,20,21). The molecule has 0 unspecified atom stereocenters. The average Bonchev–Trinajstić information content (AvgIpc) is 2.58. The molecule has 4 N–H and O–H groups in total. The number of nitrogens with one attached hydrogen (secondary N) is 1. The maximum absolute atomic E-state index is 12.2. The lowest BCUT2D eigenvalue weighted by molar-refractivity contribution is -0.136. The Bertz CT molecular complexity index is 710. The summed E-state index contributed by atoms with van der Waals surface area (Å²) in [6.45, 7) is 0.286. The smallest absolute Gasteiger partial charge is 0.303 e. The molecule has 0 aliphatic carbocycles. The van der Waals surface area contributed by atoms with Crippen molar-refractivity contribution >= 4 is 11.9 Å². The highest BCUT2D eigenvalue weighted by Gasteiger charge is 2.14. The van der Waals surface area contributed by atoms with Crippen LogP contribution in [0.3, 0.4) is 0 Å². The van der Waals surface area contributed by atoms with Gasteiger partial charge in [-0.25, -0.2) is 0 Å². The van der Waals surface area contributed by atoms with Gasteiger partial charge in [0.05, 0.1) is 0 Å². The highest BCUT2D eigenvalue weighted by molar-refractivity contribution is 5.95. The Morgan fingerprint density at radius 3 is 2.21 bits per heavy atom. The number of carbonyl (C=O) groups excluding carboxylic acids is 1. The Morgan fingerprint density at radius 1 is 0.958 bits per heavy atom. The Balaban J connectivity index is 1.96. The maximum atomic E-state index is 12.2. The zero-order valence-electron chi connectivity index (χ0n) is 13.0. The van der Waals surface area contributed by atoms with Crippen molar-refractivity contribution in [2.24, 2.45) is 0 Å². The summed E-state index contributed by atoms with van der Waals surface area (Å²) in [4.78, 5) is 22.7. The van der Waals surface area contributed by atoms with E-state index >= 15 is 0 Å². The number of benzene rings is 2. The second kappa shape index (κ2) is 8.24. The second-order valence-electron chi connectivity index (χ2n) is 5.35. The van der Waals surface area contributed by atoms with Gasteiger partial charge in [-0.2, -0.15) is 0 Å². The van der Waals surface area contributed by atoms with Crippen molar-refractivity contribution in [3.8, 4) is 0 Å². The van der Waals surface area contributed by atoms with Crippen LogP contribution in [0.1, 0.15) is 39.8 Å². The number of carboxylic acid groups (broad SMARTS) is 1. The maximum Gasteiger partial charge on any atom is 0.303 e. The number of carboxylic acids is 1. The minimum absolute atomic E-state index is 0.0797. The monoisotopic (exact) mass is 329 g/mol. The largest absolute Gasteiger partial charge is 0.481 e. The van der Waals surface area contributed by atoms with Crippen LogP contribution in [-0.4, -0.2) is 27.2 Å². The van der Waals surface area contributed by atoms with Crippen LogP contribution in [-0.2, 0) is 17.8 Å². The van der Waals surface area contributed by atoms with E-state index in [-0.39, 0.29) is 24.1 Å². The van der Waals surface area contributed by atoms with Gasteiger partial charge in [0.15, 0.2) is 6.29 Å². The number of aryl methyl sites for hydroxylation is 1. The number of aliphatic hydroxyl groups is 2. The quantitative estimate of drug-likeness (QED) is 0.578. The number of carbonyl (C=O) groups is 2. The Kier molecular flexibility index (Phi) is 6.06. The SMILES string of the molecule is O=C(O)CCc1ccc(CNC(=O)c2ccccc2C(O)O)cc1. The summed E-state index contributed by atoms with van der Waals surface area (Å²) in [5.41, 5.74) is 2.15. The first kappa shape index (κ1) is 17.7. The summed E-state index contributed by atoms with van der Waals surface area (Å²) in [6, 6.07) is 13.6. The summed E-state index contributed by atoms with van der Waals surface area (Å²) in [6.07, 6.45) is -1.17. The van der Waals surface area contributed by atoms with Gasteiger partial charge in [0.1, 0.15) is 0 Å². The van der Waals surface area contributed by atoms with Crippen molar-refractivity contribution in [3.63, 3.8) is 0 Å². The van der Waals surface area contributed by atoms with Gasteiger partial charge < -0.3 is 20.6 Å². The third-order valence-corrected chi connectivity index (χ3v) is 3.59. The van der Waals surface area contributed by atoms with Crippen molar-refractivity contribution in [1.82, 2.24) is 5.32 Å². The van der Waals surface area contributed by atoms with Gasteiger partial charge in [0.2, 0.25) is 0 Å². The second-order valence-corrected chi connectivity index (χ2v) is 5.35. The molecule has 0 aliphatic heterocycles. The van der Waals surface area contributed by atoms with Crippen molar-refractivity contribution in [2.45, 2.75) is 25.7 Å². The van der Waals surface area contributed by atoms with Crippen LogP contribution in [0.5, 0.6) is 0 Å². The first-order chi connectivity index (χ1) is 11.5. The lowest BCUT2D eigenvalue weighted by Crippen LogP contribution is -2.24. The molecule has 2 aromatic carbocycles. The molecule has 2 aromatic rings. The first-order valence-electron chi connectivity index (χ1n) is 7.50. The molecule has 0 saturated heterocycles. The molecule has 6 heteroatoms. The molecule has 0 aromatic heterocycles. The molecule has 0 spiro atoms. The fourth-order valence-corrected chi connectivity index (χ4v) is 2.28. The number of hydrogen-bond acceptors (Lipinski definition) is 4. The van der Waals surface area contributed by atoms with E-state index in [1.165, 1.54) is 12.1 Å². The summed E-state index contributed by atoms with van der Waals surface area (Å²) >= 11 is 0. The fourth-order valence-electron chi connectivity index (χ4n) is 2.28. The molecule has 0 radical (unpaired) electrons. The van der Waals surface area contributed by atoms with Crippen molar-refractivity contribution < 1.29 is 24.9 Å². The van der Waals surface area contributed by atoms with Gasteiger partial charge in [0, 0.05) is 24.1 Å². The van der Waals surface area contributed by atoms with Crippen LogP contribution in [0.2, 0.25) is 0 Å². The average molecular weight is 329 g/mol. The van der Waals surface area contributed by atoms with Crippen LogP contribution in [0.4, 0.5) is 0 Å². The summed E-state index contributed by atoms with van der Waals surface area (Å²) in [5, 5.41) is 30.0. The van der Waals surface area contributed by atoms with Crippen LogP contribution in [0.15, 0.2) is 48.5 Å². The van der Waals surface area contributed by atoms with Gasteiger partial charge >= 0.3 is 5.97 Å². The lowest BCUT2D eigenvalue weighted by Gasteiger charge is -2.11. The zero-order valence-corrected chi connectivity index (χ0v) is 13.0.